The maximum Gasteiger partial charge on any atom is 0.0900 e. The molecule has 5 heteroatoms. The lowest BCUT2D eigenvalue weighted by Crippen LogP contribution is -2.26. The molecule has 1 fully saturated rings. The lowest BCUT2D eigenvalue weighted by molar-refractivity contribution is 0.329. The van der Waals surface area contributed by atoms with Crippen molar-refractivity contribution in [2.45, 2.75) is 32.9 Å². The molecule has 1 saturated heterocycles. The Balaban J connectivity index is 0.00000112. The largest absolute Gasteiger partial charge is 0.326 e. The monoisotopic (exact) mass is 247 g/mol. The van der Waals surface area contributed by atoms with Gasteiger partial charge in [0.2, 0.25) is 0 Å². The van der Waals surface area contributed by atoms with Crippen LogP contribution in [0, 0.1) is 13.8 Å². The van der Waals surface area contributed by atoms with E-state index in [0.717, 1.165) is 26.1 Å². The zero-order chi connectivity index (χ0) is 10.1. The van der Waals surface area contributed by atoms with Crippen LogP contribution in [0.15, 0.2) is 0 Å². The number of likely N-dealkylation sites (tertiary alicyclic amines) is 1. The Morgan fingerprint density at radius 1 is 1.53 bits per heavy atom. The number of thiazole rings is 1. The van der Waals surface area contributed by atoms with Crippen LogP contribution in [0.1, 0.15) is 22.0 Å². The van der Waals surface area contributed by atoms with E-state index in [1.54, 1.807) is 0 Å². The Labute approximate surface area is 101 Å². The van der Waals surface area contributed by atoms with Crippen LogP contribution >= 0.6 is 23.7 Å². The van der Waals surface area contributed by atoms with Crippen molar-refractivity contribution in [2.75, 3.05) is 13.1 Å². The number of aryl methyl sites for hydroxylation is 2. The predicted octanol–water partition coefficient (Wildman–Crippen LogP) is 1.71. The van der Waals surface area contributed by atoms with E-state index in [1.165, 1.54) is 15.6 Å². The highest BCUT2D eigenvalue weighted by molar-refractivity contribution is 7.11. The fourth-order valence-corrected chi connectivity index (χ4v) is 2.91. The molecule has 1 aromatic heterocycles. The number of nitrogens with zero attached hydrogens (tertiary/aromatic N) is 2. The summed E-state index contributed by atoms with van der Waals surface area (Å²) in [5.74, 6) is 0. The van der Waals surface area contributed by atoms with Crippen LogP contribution < -0.4 is 5.73 Å². The molecule has 2 N–H and O–H groups in total. The molecule has 0 radical (unpaired) electrons. The molecule has 2 heterocycles. The highest BCUT2D eigenvalue weighted by Crippen LogP contribution is 2.21. The van der Waals surface area contributed by atoms with Gasteiger partial charge in [0, 0.05) is 30.6 Å². The minimum absolute atomic E-state index is 0. The average Bonchev–Trinajstić information content (AvgIpc) is 2.61. The number of halogens is 1. The van der Waals surface area contributed by atoms with Crippen LogP contribution in [0.25, 0.3) is 0 Å². The molecule has 15 heavy (non-hydrogen) atoms. The lowest BCUT2D eigenvalue weighted by Gasteiger charge is -2.13. The molecule has 0 aliphatic carbocycles. The Kier molecular flexibility index (Phi) is 4.52. The standard InChI is InChI=1S/C10H17N3S.ClH/c1-7-10(14-8(2)12-7)6-13-4-3-9(11)5-13;/h9H,3-6,11H2,1-2H3;1H/t9-;/m1./s1. The Hall–Kier alpha value is -0.160. The summed E-state index contributed by atoms with van der Waals surface area (Å²) >= 11 is 1.81. The zero-order valence-corrected chi connectivity index (χ0v) is 10.8. The minimum Gasteiger partial charge on any atom is -0.326 e. The molecular weight excluding hydrogens is 230 g/mol. The van der Waals surface area contributed by atoms with Crippen LogP contribution in [-0.2, 0) is 6.54 Å². The first-order chi connectivity index (χ1) is 6.65. The molecule has 0 unspecified atom stereocenters. The summed E-state index contributed by atoms with van der Waals surface area (Å²) in [6.45, 7) is 7.37. The smallest absolute Gasteiger partial charge is 0.0900 e. The van der Waals surface area contributed by atoms with Gasteiger partial charge in [-0.25, -0.2) is 4.98 Å². The van der Waals surface area contributed by atoms with Gasteiger partial charge in [0.1, 0.15) is 0 Å². The van der Waals surface area contributed by atoms with Gasteiger partial charge >= 0.3 is 0 Å². The molecule has 1 aliphatic heterocycles. The SMILES string of the molecule is Cc1nc(C)c(CN2CC[C@@H](N)C2)s1.Cl. The highest BCUT2D eigenvalue weighted by atomic mass is 35.5. The van der Waals surface area contributed by atoms with E-state index in [-0.39, 0.29) is 12.4 Å². The molecular formula is C10H18ClN3S. The third-order valence-corrected chi connectivity index (χ3v) is 3.73. The first-order valence-corrected chi connectivity index (χ1v) is 5.87. The summed E-state index contributed by atoms with van der Waals surface area (Å²) < 4.78 is 0. The maximum atomic E-state index is 5.87. The van der Waals surface area contributed by atoms with Crippen molar-refractivity contribution in [1.82, 2.24) is 9.88 Å². The topological polar surface area (TPSA) is 42.2 Å². The van der Waals surface area contributed by atoms with E-state index in [2.05, 4.69) is 23.7 Å². The van der Waals surface area contributed by atoms with Gasteiger partial charge < -0.3 is 5.73 Å². The van der Waals surface area contributed by atoms with Gasteiger partial charge in [0.05, 0.1) is 10.7 Å². The quantitative estimate of drug-likeness (QED) is 0.865. The molecule has 0 bridgehead atoms. The van der Waals surface area contributed by atoms with Crippen molar-refractivity contribution in [1.29, 1.82) is 0 Å². The van der Waals surface area contributed by atoms with E-state index in [0.29, 0.717) is 6.04 Å². The van der Waals surface area contributed by atoms with Crippen LogP contribution in [0.3, 0.4) is 0 Å². The van der Waals surface area contributed by atoms with Crippen molar-refractivity contribution in [3.8, 4) is 0 Å². The van der Waals surface area contributed by atoms with Crippen LogP contribution in [0.2, 0.25) is 0 Å². The normalized spacial score (nSPS) is 21.7. The van der Waals surface area contributed by atoms with Gasteiger partial charge in [0.15, 0.2) is 0 Å². The molecule has 0 spiro atoms. The van der Waals surface area contributed by atoms with Gasteiger partial charge in [-0.1, -0.05) is 0 Å². The second-order valence-corrected chi connectivity index (χ2v) is 5.31. The van der Waals surface area contributed by atoms with Crippen molar-refractivity contribution >= 4 is 23.7 Å². The Morgan fingerprint density at radius 2 is 2.27 bits per heavy atom. The molecule has 86 valence electrons. The highest BCUT2D eigenvalue weighted by Gasteiger charge is 2.20. The van der Waals surface area contributed by atoms with Gasteiger partial charge in [-0.15, -0.1) is 23.7 Å². The van der Waals surface area contributed by atoms with Crippen LogP contribution in [-0.4, -0.2) is 29.0 Å². The van der Waals surface area contributed by atoms with Crippen molar-refractivity contribution < 1.29 is 0 Å². The minimum atomic E-state index is 0. The zero-order valence-electron chi connectivity index (χ0n) is 9.19. The fourth-order valence-electron chi connectivity index (χ4n) is 1.93. The summed E-state index contributed by atoms with van der Waals surface area (Å²) in [4.78, 5) is 8.25. The summed E-state index contributed by atoms with van der Waals surface area (Å²) in [5.41, 5.74) is 7.06. The van der Waals surface area contributed by atoms with E-state index in [4.69, 9.17) is 5.73 Å². The Morgan fingerprint density at radius 3 is 2.73 bits per heavy atom. The fraction of sp³-hybridized carbons (Fsp3) is 0.700. The summed E-state index contributed by atoms with van der Waals surface area (Å²) in [7, 11) is 0. The van der Waals surface area contributed by atoms with Gasteiger partial charge in [0.25, 0.3) is 0 Å². The molecule has 0 saturated carbocycles. The molecule has 1 aromatic rings. The van der Waals surface area contributed by atoms with Crippen LogP contribution in [0.4, 0.5) is 0 Å². The first kappa shape index (κ1) is 12.9. The average molecular weight is 248 g/mol. The van der Waals surface area contributed by atoms with E-state index in [1.807, 2.05) is 11.3 Å². The number of nitrogens with two attached hydrogens (primary N) is 1. The first-order valence-electron chi connectivity index (χ1n) is 5.06. The molecule has 1 aliphatic rings. The lowest BCUT2D eigenvalue weighted by atomic mass is 10.3. The molecule has 2 rings (SSSR count). The van der Waals surface area contributed by atoms with E-state index in [9.17, 15) is 0 Å². The third kappa shape index (κ3) is 3.14. The van der Waals surface area contributed by atoms with Gasteiger partial charge in [-0.2, -0.15) is 0 Å². The molecule has 1 atom stereocenters. The number of aromatic nitrogens is 1. The maximum absolute atomic E-state index is 5.87. The molecule has 0 amide bonds. The summed E-state index contributed by atoms with van der Waals surface area (Å²) in [6.07, 6.45) is 1.14. The van der Waals surface area contributed by atoms with Gasteiger partial charge in [-0.3, -0.25) is 4.90 Å². The number of hydrogen-bond acceptors (Lipinski definition) is 4. The second-order valence-electron chi connectivity index (χ2n) is 4.03. The number of rotatable bonds is 2. The molecule has 0 aromatic carbocycles. The second kappa shape index (κ2) is 5.25. The third-order valence-electron chi connectivity index (χ3n) is 2.68. The summed E-state index contributed by atoms with van der Waals surface area (Å²) in [5, 5.41) is 1.17. The van der Waals surface area contributed by atoms with Crippen molar-refractivity contribution in [3.63, 3.8) is 0 Å². The van der Waals surface area contributed by atoms with Crippen LogP contribution in [0.5, 0.6) is 0 Å². The van der Waals surface area contributed by atoms with Gasteiger partial charge in [-0.05, 0) is 20.3 Å². The van der Waals surface area contributed by atoms with Crippen molar-refractivity contribution in [2.24, 2.45) is 5.73 Å². The predicted molar refractivity (Wildman–Crippen MR) is 66.7 cm³/mol. The number of hydrogen-bond donors (Lipinski definition) is 1. The van der Waals surface area contributed by atoms with E-state index >= 15 is 0 Å². The Bertz CT molecular complexity index is 326. The summed E-state index contributed by atoms with van der Waals surface area (Å²) in [6, 6.07) is 0.379. The van der Waals surface area contributed by atoms with Crippen molar-refractivity contribution in [3.05, 3.63) is 15.6 Å². The molecule has 3 nitrogen and oxygen atoms in total. The van der Waals surface area contributed by atoms with E-state index < -0.39 is 0 Å².